The van der Waals surface area contributed by atoms with Crippen LogP contribution in [0.4, 0.5) is 5.95 Å². The van der Waals surface area contributed by atoms with Gasteiger partial charge in [0.05, 0.1) is 16.8 Å². The lowest BCUT2D eigenvalue weighted by Crippen LogP contribution is -2.40. The van der Waals surface area contributed by atoms with Gasteiger partial charge in [-0.2, -0.15) is 0 Å². The van der Waals surface area contributed by atoms with Gasteiger partial charge in [0.25, 0.3) is 5.56 Å². The molecule has 0 saturated heterocycles. The predicted molar refractivity (Wildman–Crippen MR) is 98.7 cm³/mol. The van der Waals surface area contributed by atoms with Crippen LogP contribution in [0.1, 0.15) is 49.4 Å². The number of nitrogens with one attached hydrogen (secondary N) is 2. The van der Waals surface area contributed by atoms with Crippen molar-refractivity contribution in [2.75, 3.05) is 11.9 Å². The Bertz CT molecular complexity index is 823. The minimum absolute atomic E-state index is 0.186. The number of aromatic nitrogens is 2. The topological polar surface area (TPSA) is 79.2 Å². The molecular formula is C19H26N4O2. The molecule has 1 atom stereocenters. The van der Waals surface area contributed by atoms with E-state index in [1.165, 1.54) is 10.1 Å². The molecule has 0 fully saturated rings. The molecule has 0 bridgehead atoms. The van der Waals surface area contributed by atoms with Crippen molar-refractivity contribution in [1.82, 2.24) is 14.9 Å². The summed E-state index contributed by atoms with van der Waals surface area (Å²) in [6.45, 7) is 9.01. The first-order chi connectivity index (χ1) is 11.8. The third kappa shape index (κ3) is 3.45. The van der Waals surface area contributed by atoms with Crippen LogP contribution in [-0.2, 0) is 18.5 Å². The van der Waals surface area contributed by atoms with Crippen molar-refractivity contribution in [2.45, 2.75) is 52.4 Å². The van der Waals surface area contributed by atoms with Gasteiger partial charge in [-0.15, -0.1) is 0 Å². The summed E-state index contributed by atoms with van der Waals surface area (Å²) in [4.78, 5) is 17.5. The first-order valence-electron chi connectivity index (χ1n) is 8.68. The van der Waals surface area contributed by atoms with Crippen LogP contribution in [0.25, 0.3) is 0 Å². The van der Waals surface area contributed by atoms with Crippen LogP contribution >= 0.6 is 0 Å². The van der Waals surface area contributed by atoms with Crippen molar-refractivity contribution >= 4 is 5.95 Å². The summed E-state index contributed by atoms with van der Waals surface area (Å²) in [5.74, 6) is 0.409. The van der Waals surface area contributed by atoms with Gasteiger partial charge in [-0.25, -0.2) is 4.98 Å². The predicted octanol–water partition coefficient (Wildman–Crippen LogP) is 2.06. The lowest BCUT2D eigenvalue weighted by Gasteiger charge is -2.30. The summed E-state index contributed by atoms with van der Waals surface area (Å²) in [5.41, 5.74) is 3.11. The highest BCUT2D eigenvalue weighted by Crippen LogP contribution is 2.26. The normalized spacial score (nSPS) is 15.6. The van der Waals surface area contributed by atoms with Gasteiger partial charge < -0.3 is 15.7 Å². The van der Waals surface area contributed by atoms with E-state index in [9.17, 15) is 9.90 Å². The molecule has 3 rings (SSSR count). The zero-order chi connectivity index (χ0) is 18.2. The van der Waals surface area contributed by atoms with Gasteiger partial charge in [-0.05, 0) is 33.3 Å². The maximum Gasteiger partial charge on any atom is 0.261 e. The zero-order valence-corrected chi connectivity index (χ0v) is 15.3. The fourth-order valence-electron chi connectivity index (χ4n) is 3.18. The van der Waals surface area contributed by atoms with E-state index in [2.05, 4.69) is 39.9 Å². The Morgan fingerprint density at radius 2 is 2.00 bits per heavy atom. The smallest absolute Gasteiger partial charge is 0.261 e. The number of hydrogen-bond acceptors (Lipinski definition) is 5. The van der Waals surface area contributed by atoms with Gasteiger partial charge in [-0.3, -0.25) is 9.36 Å². The number of anilines is 1. The fourth-order valence-corrected chi connectivity index (χ4v) is 3.18. The first-order valence-corrected chi connectivity index (χ1v) is 8.68. The number of fused-ring (bicyclic) bond motifs is 1. The summed E-state index contributed by atoms with van der Waals surface area (Å²) in [5, 5.41) is 16.7. The van der Waals surface area contributed by atoms with Crippen molar-refractivity contribution in [3.05, 3.63) is 57.0 Å². The summed E-state index contributed by atoms with van der Waals surface area (Å²) in [6.07, 6.45) is -0.242. The van der Waals surface area contributed by atoms with E-state index in [-0.39, 0.29) is 5.56 Å². The van der Waals surface area contributed by atoms with Crippen LogP contribution in [0.5, 0.6) is 0 Å². The standard InChI is InChI=1S/C19H26N4O2/c1-12-5-7-14(8-6-12)19(3,4)22-18-21-16-9-10-20-11-15(16)17(25)23(18)13(2)24/h5-8,13,20,24H,9-11H2,1-4H3,(H,21,22). The Balaban J connectivity index is 2.05. The van der Waals surface area contributed by atoms with E-state index in [0.29, 0.717) is 24.5 Å². The maximum absolute atomic E-state index is 12.8. The molecule has 6 nitrogen and oxygen atoms in total. The Morgan fingerprint density at radius 1 is 1.32 bits per heavy atom. The molecule has 0 radical (unpaired) electrons. The average molecular weight is 342 g/mol. The van der Waals surface area contributed by atoms with Crippen LogP contribution in [-0.4, -0.2) is 21.2 Å². The highest BCUT2D eigenvalue weighted by molar-refractivity contribution is 5.40. The Morgan fingerprint density at radius 3 is 2.64 bits per heavy atom. The molecule has 1 aliphatic heterocycles. The highest BCUT2D eigenvalue weighted by atomic mass is 16.3. The molecule has 0 amide bonds. The van der Waals surface area contributed by atoms with Gasteiger partial charge in [0.1, 0.15) is 6.23 Å². The monoisotopic (exact) mass is 342 g/mol. The molecule has 0 spiro atoms. The summed E-state index contributed by atoms with van der Waals surface area (Å²) < 4.78 is 1.34. The average Bonchev–Trinajstić information content (AvgIpc) is 2.54. The van der Waals surface area contributed by atoms with Gasteiger partial charge in [0.15, 0.2) is 0 Å². The Labute approximate surface area is 147 Å². The number of aryl methyl sites for hydroxylation is 1. The van der Waals surface area contributed by atoms with Gasteiger partial charge in [0, 0.05) is 19.5 Å². The molecule has 1 unspecified atom stereocenters. The minimum atomic E-state index is -0.955. The quantitative estimate of drug-likeness (QED) is 0.793. The SMILES string of the molecule is Cc1ccc(C(C)(C)Nc2nc3c(c(=O)n2C(C)O)CNCC3)cc1. The summed E-state index contributed by atoms with van der Waals surface area (Å²) in [6, 6.07) is 8.25. The maximum atomic E-state index is 12.8. The van der Waals surface area contributed by atoms with Crippen LogP contribution in [0, 0.1) is 6.92 Å². The van der Waals surface area contributed by atoms with Crippen LogP contribution < -0.4 is 16.2 Å². The number of rotatable bonds is 4. The second-order valence-corrected chi connectivity index (χ2v) is 7.21. The second kappa shape index (κ2) is 6.61. The molecule has 2 aromatic rings. The molecule has 1 aromatic heterocycles. The molecule has 2 heterocycles. The number of aliphatic hydroxyl groups excluding tert-OH is 1. The second-order valence-electron chi connectivity index (χ2n) is 7.21. The third-order valence-electron chi connectivity index (χ3n) is 4.71. The third-order valence-corrected chi connectivity index (χ3v) is 4.71. The van der Waals surface area contributed by atoms with Crippen LogP contribution in [0.3, 0.4) is 0 Å². The van der Waals surface area contributed by atoms with E-state index in [0.717, 1.165) is 17.8 Å². The number of aliphatic hydroxyl groups is 1. The fraction of sp³-hybridized carbons (Fsp3) is 0.474. The lowest BCUT2D eigenvalue weighted by atomic mass is 9.93. The molecule has 3 N–H and O–H groups in total. The Hall–Kier alpha value is -2.18. The molecule has 0 saturated carbocycles. The number of benzene rings is 1. The van der Waals surface area contributed by atoms with Crippen molar-refractivity contribution in [3.8, 4) is 0 Å². The van der Waals surface area contributed by atoms with Crippen molar-refractivity contribution < 1.29 is 5.11 Å². The number of nitrogens with zero attached hydrogens (tertiary/aromatic N) is 2. The molecule has 1 aromatic carbocycles. The molecule has 25 heavy (non-hydrogen) atoms. The zero-order valence-electron chi connectivity index (χ0n) is 15.3. The number of hydrogen-bond donors (Lipinski definition) is 3. The van der Waals surface area contributed by atoms with E-state index >= 15 is 0 Å². The summed E-state index contributed by atoms with van der Waals surface area (Å²) >= 11 is 0. The highest BCUT2D eigenvalue weighted by Gasteiger charge is 2.26. The lowest BCUT2D eigenvalue weighted by molar-refractivity contribution is 0.120. The summed E-state index contributed by atoms with van der Waals surface area (Å²) in [7, 11) is 0. The van der Waals surface area contributed by atoms with Gasteiger partial charge in [0.2, 0.25) is 5.95 Å². The Kier molecular flexibility index (Phi) is 4.67. The molecule has 134 valence electrons. The van der Waals surface area contributed by atoms with E-state index < -0.39 is 11.8 Å². The van der Waals surface area contributed by atoms with Crippen molar-refractivity contribution in [1.29, 1.82) is 0 Å². The van der Waals surface area contributed by atoms with Crippen molar-refractivity contribution in [3.63, 3.8) is 0 Å². The van der Waals surface area contributed by atoms with Gasteiger partial charge in [-0.1, -0.05) is 29.8 Å². The van der Waals surface area contributed by atoms with Crippen molar-refractivity contribution in [2.24, 2.45) is 0 Å². The van der Waals surface area contributed by atoms with E-state index in [1.54, 1.807) is 6.92 Å². The first kappa shape index (κ1) is 17.6. The largest absolute Gasteiger partial charge is 0.373 e. The van der Waals surface area contributed by atoms with Crippen LogP contribution in [0.15, 0.2) is 29.1 Å². The molecule has 1 aliphatic rings. The van der Waals surface area contributed by atoms with Crippen LogP contribution in [0.2, 0.25) is 0 Å². The minimum Gasteiger partial charge on any atom is -0.373 e. The van der Waals surface area contributed by atoms with Gasteiger partial charge >= 0.3 is 0 Å². The van der Waals surface area contributed by atoms with E-state index in [4.69, 9.17) is 0 Å². The molecule has 6 heteroatoms. The molecule has 0 aliphatic carbocycles. The molecular weight excluding hydrogens is 316 g/mol. The van der Waals surface area contributed by atoms with E-state index in [1.807, 2.05) is 20.8 Å².